The summed E-state index contributed by atoms with van der Waals surface area (Å²) in [4.78, 5) is 37.0. The summed E-state index contributed by atoms with van der Waals surface area (Å²) in [7, 11) is 0. The molecule has 3 heterocycles. The van der Waals surface area contributed by atoms with Crippen LogP contribution in [0.2, 0.25) is 0 Å². The van der Waals surface area contributed by atoms with E-state index in [1.807, 2.05) is 18.8 Å². The molecule has 1 N–H and O–H groups in total. The normalized spacial score (nSPS) is 17.2. The first-order valence-corrected chi connectivity index (χ1v) is 9.60. The molecule has 1 unspecified atom stereocenters. The van der Waals surface area contributed by atoms with Crippen LogP contribution in [0.25, 0.3) is 0 Å². The van der Waals surface area contributed by atoms with E-state index in [1.54, 1.807) is 4.90 Å². The van der Waals surface area contributed by atoms with Crippen molar-refractivity contribution in [1.29, 1.82) is 0 Å². The molecule has 1 amide bonds. The Bertz CT molecular complexity index is 1010. The van der Waals surface area contributed by atoms with Gasteiger partial charge in [-0.05, 0) is 5.92 Å². The van der Waals surface area contributed by atoms with E-state index in [2.05, 4.69) is 9.97 Å². The maximum atomic E-state index is 12.9. The Labute approximate surface area is 179 Å². The monoisotopic (exact) mass is 461 g/mol. The fraction of sp³-hybridized carbons (Fsp3) is 0.474. The molecule has 174 valence electrons. The quantitative estimate of drug-likeness (QED) is 0.702. The molecule has 1 aliphatic heterocycles. The Hall–Kier alpha value is -3.25. The number of nitrogens with zero attached hydrogens (tertiary/aromatic N) is 4. The lowest BCUT2D eigenvalue weighted by Gasteiger charge is -2.42. The highest BCUT2D eigenvalue weighted by atomic mass is 19.4. The van der Waals surface area contributed by atoms with Gasteiger partial charge in [0.25, 0.3) is 12.0 Å². The summed E-state index contributed by atoms with van der Waals surface area (Å²) in [6.45, 7) is 4.34. The molecular formula is C19H20F5N5O3. The predicted molar refractivity (Wildman–Crippen MR) is 103 cm³/mol. The fourth-order valence-electron chi connectivity index (χ4n) is 3.29. The number of rotatable bonds is 4. The van der Waals surface area contributed by atoms with Crippen LogP contribution in [0.1, 0.15) is 31.4 Å². The molecule has 3 rings (SSSR count). The molecule has 0 aliphatic carbocycles. The van der Waals surface area contributed by atoms with Crippen LogP contribution in [0.4, 0.5) is 32.7 Å². The first-order chi connectivity index (χ1) is 15.0. The van der Waals surface area contributed by atoms with Gasteiger partial charge in [0, 0.05) is 44.3 Å². The van der Waals surface area contributed by atoms with Crippen LogP contribution in [0.3, 0.4) is 0 Å². The summed E-state index contributed by atoms with van der Waals surface area (Å²) in [5, 5.41) is 0. The molecule has 0 radical (unpaired) electrons. The summed E-state index contributed by atoms with van der Waals surface area (Å²) in [6.07, 6.45) is -5.52. The summed E-state index contributed by atoms with van der Waals surface area (Å²) < 4.78 is 69.3. The lowest BCUT2D eigenvalue weighted by atomic mass is 10.00. The third-order valence-electron chi connectivity index (χ3n) is 5.00. The molecule has 2 aromatic heterocycles. The van der Waals surface area contributed by atoms with Crippen LogP contribution in [0, 0.1) is 5.92 Å². The Kier molecular flexibility index (Phi) is 6.65. The second-order valence-electron chi connectivity index (χ2n) is 7.51. The van der Waals surface area contributed by atoms with E-state index < -0.39 is 41.6 Å². The van der Waals surface area contributed by atoms with Crippen molar-refractivity contribution in [3.8, 4) is 5.75 Å². The average molecular weight is 461 g/mol. The van der Waals surface area contributed by atoms with Crippen molar-refractivity contribution in [2.24, 2.45) is 5.92 Å². The van der Waals surface area contributed by atoms with E-state index in [1.165, 1.54) is 4.90 Å². The number of piperazine rings is 1. The second-order valence-corrected chi connectivity index (χ2v) is 7.51. The van der Waals surface area contributed by atoms with Gasteiger partial charge >= 0.3 is 12.3 Å². The van der Waals surface area contributed by atoms with Gasteiger partial charge in [-0.15, -0.1) is 0 Å². The number of anilines is 1. The zero-order chi connectivity index (χ0) is 23.6. The number of H-pyrrole nitrogens is 1. The van der Waals surface area contributed by atoms with Crippen molar-refractivity contribution in [3.05, 3.63) is 46.1 Å². The molecule has 0 aromatic carbocycles. The minimum absolute atomic E-state index is 0.0768. The van der Waals surface area contributed by atoms with Crippen LogP contribution >= 0.6 is 0 Å². The van der Waals surface area contributed by atoms with Gasteiger partial charge in [-0.1, -0.05) is 13.8 Å². The number of carbonyl (C=O) groups is 1. The van der Waals surface area contributed by atoms with E-state index in [-0.39, 0.29) is 37.1 Å². The fourth-order valence-corrected chi connectivity index (χ4v) is 3.29. The molecule has 1 fully saturated rings. The minimum Gasteiger partial charge on any atom is -0.409 e. The summed E-state index contributed by atoms with van der Waals surface area (Å²) in [5.41, 5.74) is -3.13. The predicted octanol–water partition coefficient (Wildman–Crippen LogP) is 3.47. The molecule has 0 bridgehead atoms. The van der Waals surface area contributed by atoms with Gasteiger partial charge in [0.15, 0.2) is 0 Å². The lowest BCUT2D eigenvalue weighted by molar-refractivity contribution is -0.138. The topological polar surface area (TPSA) is 91.4 Å². The lowest BCUT2D eigenvalue weighted by Crippen LogP contribution is -2.58. The molecule has 8 nitrogen and oxygen atoms in total. The molecule has 1 saturated heterocycles. The second kappa shape index (κ2) is 9.09. The number of carbonyl (C=O) groups excluding carboxylic acids is 1. The molecule has 32 heavy (non-hydrogen) atoms. The third kappa shape index (κ3) is 5.14. The maximum absolute atomic E-state index is 12.9. The largest absolute Gasteiger partial charge is 0.421 e. The molecule has 1 aliphatic rings. The van der Waals surface area contributed by atoms with Gasteiger partial charge in [0.2, 0.25) is 5.95 Å². The molecule has 1 atom stereocenters. The van der Waals surface area contributed by atoms with E-state index in [9.17, 15) is 31.5 Å². The number of halogens is 5. The SMILES string of the molecule is CC(C)C1CN(c2ncc(C(F)F)cn2)CCN1C(=O)Oc1c[nH]c(=O)c(C(F)(F)F)c1. The van der Waals surface area contributed by atoms with Gasteiger partial charge < -0.3 is 19.5 Å². The number of amides is 1. The van der Waals surface area contributed by atoms with Crippen LogP contribution in [-0.2, 0) is 6.18 Å². The van der Waals surface area contributed by atoms with Gasteiger partial charge in [0.1, 0.15) is 11.3 Å². The number of alkyl halides is 5. The Morgan fingerprint density at radius 2 is 1.88 bits per heavy atom. The van der Waals surface area contributed by atoms with E-state index >= 15 is 0 Å². The Morgan fingerprint density at radius 1 is 1.22 bits per heavy atom. The number of aromatic nitrogens is 3. The van der Waals surface area contributed by atoms with E-state index in [0.29, 0.717) is 6.07 Å². The Balaban J connectivity index is 1.74. The molecule has 2 aromatic rings. The zero-order valence-corrected chi connectivity index (χ0v) is 17.1. The number of nitrogens with one attached hydrogen (secondary N) is 1. The molecule has 0 spiro atoms. The van der Waals surface area contributed by atoms with E-state index in [0.717, 1.165) is 18.6 Å². The van der Waals surface area contributed by atoms with Crippen molar-refractivity contribution in [1.82, 2.24) is 19.9 Å². The highest BCUT2D eigenvalue weighted by molar-refractivity contribution is 5.71. The first-order valence-electron chi connectivity index (χ1n) is 9.60. The van der Waals surface area contributed by atoms with Crippen molar-refractivity contribution in [3.63, 3.8) is 0 Å². The smallest absolute Gasteiger partial charge is 0.409 e. The molecule has 13 heteroatoms. The summed E-state index contributed by atoms with van der Waals surface area (Å²) in [6, 6.07) is 0.0509. The summed E-state index contributed by atoms with van der Waals surface area (Å²) >= 11 is 0. The number of pyridine rings is 1. The van der Waals surface area contributed by atoms with Gasteiger partial charge in [0.05, 0.1) is 11.6 Å². The van der Waals surface area contributed by atoms with Crippen LogP contribution in [0.15, 0.2) is 29.5 Å². The van der Waals surface area contributed by atoms with Gasteiger partial charge in [-0.3, -0.25) is 4.79 Å². The molecular weight excluding hydrogens is 441 g/mol. The van der Waals surface area contributed by atoms with Crippen LogP contribution < -0.4 is 15.2 Å². The highest BCUT2D eigenvalue weighted by Crippen LogP contribution is 2.29. The van der Waals surface area contributed by atoms with E-state index in [4.69, 9.17) is 4.74 Å². The molecule has 0 saturated carbocycles. The van der Waals surface area contributed by atoms with Crippen molar-refractivity contribution in [2.75, 3.05) is 24.5 Å². The highest BCUT2D eigenvalue weighted by Gasteiger charge is 2.36. The maximum Gasteiger partial charge on any atom is 0.421 e. The van der Waals surface area contributed by atoms with Gasteiger partial charge in [-0.25, -0.2) is 23.5 Å². The van der Waals surface area contributed by atoms with Crippen LogP contribution in [-0.4, -0.2) is 51.6 Å². The van der Waals surface area contributed by atoms with Gasteiger partial charge in [-0.2, -0.15) is 13.2 Å². The van der Waals surface area contributed by atoms with Crippen molar-refractivity contribution >= 4 is 12.0 Å². The number of ether oxygens (including phenoxy) is 1. The minimum atomic E-state index is -4.90. The standard InChI is InChI=1S/C19H20F5N5O3/c1-10(2)14-9-28(17-26-6-11(7-27-17)15(20)21)3-4-29(14)18(31)32-12-5-13(19(22,23)24)16(30)25-8-12/h5-8,10,14-15H,3-4,9H2,1-2H3,(H,25,30). The number of hydrogen-bond acceptors (Lipinski definition) is 6. The summed E-state index contributed by atoms with van der Waals surface area (Å²) in [5.74, 6) is -0.298. The van der Waals surface area contributed by atoms with Crippen molar-refractivity contribution in [2.45, 2.75) is 32.5 Å². The number of hydrogen-bond donors (Lipinski definition) is 1. The Morgan fingerprint density at radius 3 is 2.44 bits per heavy atom. The zero-order valence-electron chi connectivity index (χ0n) is 17.1. The van der Waals surface area contributed by atoms with Crippen LogP contribution in [0.5, 0.6) is 5.75 Å². The number of aromatic amines is 1. The first kappa shape index (κ1) is 23.4. The van der Waals surface area contributed by atoms with Crippen molar-refractivity contribution < 1.29 is 31.5 Å². The average Bonchev–Trinajstić information content (AvgIpc) is 2.73. The third-order valence-corrected chi connectivity index (χ3v) is 5.00.